The molecule has 124 valence electrons. The number of ketones is 1. The summed E-state index contributed by atoms with van der Waals surface area (Å²) in [7, 11) is 0. The van der Waals surface area contributed by atoms with Gasteiger partial charge in [0.2, 0.25) is 11.8 Å². The van der Waals surface area contributed by atoms with Crippen LogP contribution in [0.5, 0.6) is 0 Å². The Morgan fingerprint density at radius 1 is 1.30 bits per heavy atom. The summed E-state index contributed by atoms with van der Waals surface area (Å²) in [6.45, 7) is 7.49. The predicted octanol–water partition coefficient (Wildman–Crippen LogP) is 0.297. The highest BCUT2D eigenvalue weighted by atomic mass is 16.2. The Morgan fingerprint density at radius 3 is 2.65 bits per heavy atom. The van der Waals surface area contributed by atoms with Crippen LogP contribution in [0.25, 0.3) is 0 Å². The van der Waals surface area contributed by atoms with E-state index in [2.05, 4.69) is 10.4 Å². The number of nitrogens with zero attached hydrogens (tertiary/aromatic N) is 3. The van der Waals surface area contributed by atoms with Gasteiger partial charge in [0.25, 0.3) is 0 Å². The van der Waals surface area contributed by atoms with Crippen molar-refractivity contribution in [3.63, 3.8) is 0 Å². The maximum absolute atomic E-state index is 12.4. The molecule has 0 radical (unpaired) electrons. The maximum Gasteiger partial charge on any atom is 0.225 e. The van der Waals surface area contributed by atoms with Gasteiger partial charge in [-0.15, -0.1) is 0 Å². The van der Waals surface area contributed by atoms with Crippen LogP contribution in [0.1, 0.15) is 35.1 Å². The molecule has 0 saturated carbocycles. The molecule has 2 aliphatic rings. The second-order valence-electron chi connectivity index (χ2n) is 6.49. The fourth-order valence-corrected chi connectivity index (χ4v) is 3.73. The topological polar surface area (TPSA) is 84.3 Å². The second-order valence-corrected chi connectivity index (χ2v) is 6.49. The first-order valence-corrected chi connectivity index (χ1v) is 7.99. The second kappa shape index (κ2) is 5.79. The average molecular weight is 318 g/mol. The molecule has 3 rings (SSSR count). The standard InChI is InChI=1S/C16H22N4O3/c1-9-15(11(3)21)10(2)20(18-9)5-4-14(22)19-7-12-6-17-16(23)13(12)8-19/h12-13H,4-8H2,1-3H3,(H,17,23)/t12-,13+/m0/s1. The zero-order valence-electron chi connectivity index (χ0n) is 13.8. The van der Waals surface area contributed by atoms with Crippen LogP contribution in [0.4, 0.5) is 0 Å². The summed E-state index contributed by atoms with van der Waals surface area (Å²) in [4.78, 5) is 37.4. The molecule has 2 atom stereocenters. The molecule has 2 fully saturated rings. The number of nitrogens with one attached hydrogen (secondary N) is 1. The first-order valence-electron chi connectivity index (χ1n) is 7.99. The van der Waals surface area contributed by atoms with E-state index < -0.39 is 0 Å². The lowest BCUT2D eigenvalue weighted by atomic mass is 10.0. The van der Waals surface area contributed by atoms with Crippen molar-refractivity contribution in [2.24, 2.45) is 11.8 Å². The Bertz CT molecular complexity index is 679. The summed E-state index contributed by atoms with van der Waals surface area (Å²) < 4.78 is 1.73. The van der Waals surface area contributed by atoms with Crippen molar-refractivity contribution in [2.45, 2.75) is 33.7 Å². The molecule has 0 unspecified atom stereocenters. The van der Waals surface area contributed by atoms with Crippen LogP contribution in [-0.2, 0) is 16.1 Å². The molecule has 23 heavy (non-hydrogen) atoms. The van der Waals surface area contributed by atoms with Gasteiger partial charge in [0.05, 0.1) is 17.2 Å². The van der Waals surface area contributed by atoms with Crippen LogP contribution in [0, 0.1) is 25.7 Å². The van der Waals surface area contributed by atoms with Crippen LogP contribution in [0.3, 0.4) is 0 Å². The Morgan fingerprint density at radius 2 is 2.04 bits per heavy atom. The number of aromatic nitrogens is 2. The number of carbonyl (C=O) groups is 3. The lowest BCUT2D eigenvalue weighted by Gasteiger charge is -2.17. The molecule has 0 aromatic carbocycles. The van der Waals surface area contributed by atoms with Gasteiger partial charge in [-0.2, -0.15) is 5.10 Å². The largest absolute Gasteiger partial charge is 0.355 e. The Hall–Kier alpha value is -2.18. The van der Waals surface area contributed by atoms with Crippen molar-refractivity contribution < 1.29 is 14.4 Å². The molecular formula is C16H22N4O3. The van der Waals surface area contributed by atoms with E-state index in [1.165, 1.54) is 6.92 Å². The van der Waals surface area contributed by atoms with Crippen LogP contribution in [0.2, 0.25) is 0 Å². The minimum atomic E-state index is -0.0445. The fourth-order valence-electron chi connectivity index (χ4n) is 3.73. The van der Waals surface area contributed by atoms with Crippen molar-refractivity contribution in [2.75, 3.05) is 19.6 Å². The van der Waals surface area contributed by atoms with E-state index in [0.717, 1.165) is 5.69 Å². The fraction of sp³-hybridized carbons (Fsp3) is 0.625. The average Bonchev–Trinajstić information content (AvgIpc) is 3.12. The van der Waals surface area contributed by atoms with Crippen molar-refractivity contribution in [3.8, 4) is 0 Å². The third kappa shape index (κ3) is 2.75. The van der Waals surface area contributed by atoms with Gasteiger partial charge in [-0.3, -0.25) is 19.1 Å². The van der Waals surface area contributed by atoms with Crippen LogP contribution < -0.4 is 5.32 Å². The number of likely N-dealkylation sites (tertiary alicyclic amines) is 1. The molecule has 0 aliphatic carbocycles. The molecule has 1 aromatic heterocycles. The van der Waals surface area contributed by atoms with Gasteiger partial charge in [-0.25, -0.2) is 0 Å². The molecule has 1 N–H and O–H groups in total. The first kappa shape index (κ1) is 15.7. The van der Waals surface area contributed by atoms with E-state index in [1.54, 1.807) is 9.58 Å². The molecule has 3 heterocycles. The molecule has 7 heteroatoms. The van der Waals surface area contributed by atoms with E-state index in [0.29, 0.717) is 43.9 Å². The van der Waals surface area contributed by atoms with Gasteiger partial charge in [-0.1, -0.05) is 0 Å². The smallest absolute Gasteiger partial charge is 0.225 e. The number of fused-ring (bicyclic) bond motifs is 1. The summed E-state index contributed by atoms with van der Waals surface area (Å²) in [6.07, 6.45) is 0.334. The number of Topliss-reactive ketones (excluding diaryl/α,β-unsaturated/α-hetero) is 1. The number of aryl methyl sites for hydroxylation is 2. The SMILES string of the molecule is CC(=O)c1c(C)nn(CCC(=O)N2C[C@@H]3CNC(=O)[C@@H]3C2)c1C. The third-order valence-electron chi connectivity index (χ3n) is 4.94. The van der Waals surface area contributed by atoms with Crippen LogP contribution in [0.15, 0.2) is 0 Å². The quantitative estimate of drug-likeness (QED) is 0.809. The maximum atomic E-state index is 12.4. The van der Waals surface area contributed by atoms with Crippen molar-refractivity contribution in [1.29, 1.82) is 0 Å². The highest BCUT2D eigenvalue weighted by molar-refractivity contribution is 5.96. The number of amides is 2. The van der Waals surface area contributed by atoms with Crippen LogP contribution >= 0.6 is 0 Å². The number of rotatable bonds is 4. The van der Waals surface area contributed by atoms with E-state index in [-0.39, 0.29) is 29.4 Å². The van der Waals surface area contributed by atoms with Crippen molar-refractivity contribution >= 4 is 17.6 Å². The number of hydrogen-bond acceptors (Lipinski definition) is 4. The summed E-state index contributed by atoms with van der Waals surface area (Å²) in [5.74, 6) is 0.316. The molecule has 7 nitrogen and oxygen atoms in total. The van der Waals surface area contributed by atoms with Crippen molar-refractivity contribution in [3.05, 3.63) is 17.0 Å². The van der Waals surface area contributed by atoms with Gasteiger partial charge in [0, 0.05) is 44.2 Å². The highest BCUT2D eigenvalue weighted by Gasteiger charge is 2.43. The van der Waals surface area contributed by atoms with Gasteiger partial charge in [0.15, 0.2) is 5.78 Å². The summed E-state index contributed by atoms with van der Waals surface area (Å²) >= 11 is 0. The van der Waals surface area contributed by atoms with Crippen molar-refractivity contribution in [1.82, 2.24) is 20.0 Å². The summed E-state index contributed by atoms with van der Waals surface area (Å²) in [6, 6.07) is 0. The first-order chi connectivity index (χ1) is 10.9. The Balaban J connectivity index is 1.61. The van der Waals surface area contributed by atoms with Gasteiger partial charge in [-0.05, 0) is 20.8 Å². The van der Waals surface area contributed by atoms with Gasteiger partial charge < -0.3 is 10.2 Å². The summed E-state index contributed by atoms with van der Waals surface area (Å²) in [5.41, 5.74) is 2.15. The minimum Gasteiger partial charge on any atom is -0.355 e. The number of hydrogen-bond donors (Lipinski definition) is 1. The number of carbonyl (C=O) groups excluding carboxylic acids is 3. The third-order valence-corrected chi connectivity index (χ3v) is 4.94. The van der Waals surface area contributed by atoms with Gasteiger partial charge >= 0.3 is 0 Å². The molecule has 0 spiro atoms. The Kier molecular flexibility index (Phi) is 3.95. The highest BCUT2D eigenvalue weighted by Crippen LogP contribution is 2.27. The van der Waals surface area contributed by atoms with E-state index in [1.807, 2.05) is 13.8 Å². The molecule has 2 aliphatic heterocycles. The zero-order chi connectivity index (χ0) is 16.7. The van der Waals surface area contributed by atoms with E-state index in [4.69, 9.17) is 0 Å². The lowest BCUT2D eigenvalue weighted by Crippen LogP contribution is -2.33. The monoisotopic (exact) mass is 318 g/mol. The molecule has 1 aromatic rings. The minimum absolute atomic E-state index is 0.00374. The van der Waals surface area contributed by atoms with Crippen LogP contribution in [-0.4, -0.2) is 51.9 Å². The molecule has 0 bridgehead atoms. The normalized spacial score (nSPS) is 23.1. The molecule has 2 saturated heterocycles. The van der Waals surface area contributed by atoms with Gasteiger partial charge in [0.1, 0.15) is 0 Å². The van der Waals surface area contributed by atoms with E-state index in [9.17, 15) is 14.4 Å². The Labute approximate surface area is 135 Å². The zero-order valence-corrected chi connectivity index (χ0v) is 13.8. The summed E-state index contributed by atoms with van der Waals surface area (Å²) in [5, 5.41) is 7.20. The van der Waals surface area contributed by atoms with E-state index >= 15 is 0 Å². The lowest BCUT2D eigenvalue weighted by molar-refractivity contribution is -0.131. The molecular weight excluding hydrogens is 296 g/mol. The predicted molar refractivity (Wildman–Crippen MR) is 82.9 cm³/mol. The molecule has 2 amide bonds.